The molecule has 0 amide bonds. The van der Waals surface area contributed by atoms with Crippen molar-refractivity contribution in [1.82, 2.24) is 0 Å². The Hall–Kier alpha value is 0.330. The Bertz CT molecular complexity index is 432. The highest BCUT2D eigenvalue weighted by Gasteiger charge is 2.19. The van der Waals surface area contributed by atoms with Crippen LogP contribution < -0.4 is 0 Å². The standard InChI is InChI=1S/C11H15Cl2O3PS/c1-3-14-17(18,15-4-2)16-8-9-5-6-10(12)7-11(9)13/h5-7H,3-4,8H2,1-2H3. The van der Waals surface area contributed by atoms with Gasteiger partial charge in [0.25, 0.3) is 0 Å². The summed E-state index contributed by atoms with van der Waals surface area (Å²) in [4.78, 5) is 0. The maximum absolute atomic E-state index is 6.04. The van der Waals surface area contributed by atoms with E-state index in [0.29, 0.717) is 23.3 Å². The number of rotatable bonds is 7. The predicted octanol–water partition coefficient (Wildman–Crippen LogP) is 4.81. The van der Waals surface area contributed by atoms with Crippen LogP contribution in [0.25, 0.3) is 0 Å². The highest BCUT2D eigenvalue weighted by Crippen LogP contribution is 2.50. The zero-order valence-electron chi connectivity index (χ0n) is 10.2. The van der Waals surface area contributed by atoms with Gasteiger partial charge in [0.15, 0.2) is 0 Å². The maximum atomic E-state index is 6.04. The fourth-order valence-electron chi connectivity index (χ4n) is 1.22. The number of hydrogen-bond donors (Lipinski definition) is 0. The summed E-state index contributed by atoms with van der Waals surface area (Å²) in [5.41, 5.74) is 0.801. The van der Waals surface area contributed by atoms with Crippen molar-refractivity contribution in [3.05, 3.63) is 33.8 Å². The second-order valence-electron chi connectivity index (χ2n) is 3.29. The van der Waals surface area contributed by atoms with Gasteiger partial charge in [-0.05, 0) is 43.4 Å². The minimum atomic E-state index is -2.67. The highest BCUT2D eigenvalue weighted by atomic mass is 35.5. The topological polar surface area (TPSA) is 27.7 Å². The first-order valence-electron chi connectivity index (χ1n) is 5.48. The van der Waals surface area contributed by atoms with Crippen molar-refractivity contribution < 1.29 is 13.6 Å². The van der Waals surface area contributed by atoms with Gasteiger partial charge in [0.1, 0.15) is 0 Å². The summed E-state index contributed by atoms with van der Waals surface area (Å²) in [5.74, 6) is 0. The molecule has 1 aromatic carbocycles. The molecule has 0 saturated heterocycles. The molecule has 102 valence electrons. The molecule has 1 aromatic rings. The minimum absolute atomic E-state index is 0.243. The van der Waals surface area contributed by atoms with Crippen LogP contribution in [-0.4, -0.2) is 13.2 Å². The van der Waals surface area contributed by atoms with Gasteiger partial charge in [-0.15, -0.1) is 0 Å². The van der Waals surface area contributed by atoms with Crippen LogP contribution in [0.3, 0.4) is 0 Å². The molecule has 0 fully saturated rings. The summed E-state index contributed by atoms with van der Waals surface area (Å²) in [6.45, 7) is 2.16. The molecule has 0 atom stereocenters. The first-order valence-corrected chi connectivity index (χ1v) is 8.79. The normalized spacial score (nSPS) is 11.8. The van der Waals surface area contributed by atoms with Crippen LogP contribution in [0.15, 0.2) is 18.2 Å². The van der Waals surface area contributed by atoms with Gasteiger partial charge in [-0.3, -0.25) is 0 Å². The van der Waals surface area contributed by atoms with Crippen LogP contribution in [-0.2, 0) is 32.0 Å². The Kier molecular flexibility index (Phi) is 7.11. The molecule has 0 N–H and O–H groups in total. The quantitative estimate of drug-likeness (QED) is 0.671. The molecular formula is C11H15Cl2O3PS. The van der Waals surface area contributed by atoms with Crippen molar-refractivity contribution in [3.63, 3.8) is 0 Å². The average molecular weight is 329 g/mol. The molecule has 0 aromatic heterocycles. The van der Waals surface area contributed by atoms with Gasteiger partial charge in [-0.2, -0.15) is 0 Å². The molecule has 3 nitrogen and oxygen atoms in total. The van der Waals surface area contributed by atoms with Gasteiger partial charge in [-0.25, -0.2) is 0 Å². The van der Waals surface area contributed by atoms with E-state index in [1.165, 1.54) is 0 Å². The first kappa shape index (κ1) is 16.4. The zero-order chi connectivity index (χ0) is 13.6. The van der Waals surface area contributed by atoms with E-state index in [4.69, 9.17) is 48.6 Å². The van der Waals surface area contributed by atoms with Gasteiger partial charge in [0, 0.05) is 10.0 Å². The van der Waals surface area contributed by atoms with Crippen LogP contribution in [0, 0.1) is 0 Å². The third-order valence-corrected chi connectivity index (χ3v) is 5.10. The van der Waals surface area contributed by atoms with Crippen molar-refractivity contribution in [1.29, 1.82) is 0 Å². The van der Waals surface area contributed by atoms with E-state index in [1.807, 2.05) is 13.8 Å². The minimum Gasteiger partial charge on any atom is -0.309 e. The van der Waals surface area contributed by atoms with Gasteiger partial charge in [0.05, 0.1) is 19.8 Å². The van der Waals surface area contributed by atoms with Crippen molar-refractivity contribution >= 4 is 41.7 Å². The van der Waals surface area contributed by atoms with E-state index in [1.54, 1.807) is 18.2 Å². The molecule has 0 bridgehead atoms. The van der Waals surface area contributed by atoms with Gasteiger partial charge >= 0.3 is 6.72 Å². The molecule has 0 spiro atoms. The number of benzene rings is 1. The fraction of sp³-hybridized carbons (Fsp3) is 0.455. The Balaban J connectivity index is 2.69. The second-order valence-corrected chi connectivity index (χ2v) is 7.15. The van der Waals surface area contributed by atoms with E-state index in [0.717, 1.165) is 5.56 Å². The van der Waals surface area contributed by atoms with Crippen LogP contribution in [0.4, 0.5) is 0 Å². The number of hydrogen-bond acceptors (Lipinski definition) is 4. The lowest BCUT2D eigenvalue weighted by Gasteiger charge is -2.20. The van der Waals surface area contributed by atoms with Crippen LogP contribution in [0.2, 0.25) is 10.0 Å². The van der Waals surface area contributed by atoms with Gasteiger partial charge in [0.2, 0.25) is 0 Å². The summed E-state index contributed by atoms with van der Waals surface area (Å²) in [7, 11) is 0. The molecule has 18 heavy (non-hydrogen) atoms. The summed E-state index contributed by atoms with van der Waals surface area (Å²) in [6, 6.07) is 5.20. The molecule has 7 heteroatoms. The molecular weight excluding hydrogens is 314 g/mol. The largest absolute Gasteiger partial charge is 0.327 e. The Labute approximate surface area is 123 Å². The van der Waals surface area contributed by atoms with E-state index in [2.05, 4.69) is 0 Å². The van der Waals surface area contributed by atoms with E-state index in [-0.39, 0.29) is 6.61 Å². The maximum Gasteiger partial charge on any atom is 0.327 e. The summed E-state index contributed by atoms with van der Waals surface area (Å²) in [5, 5.41) is 1.12. The fourth-order valence-corrected chi connectivity index (χ4v) is 3.62. The highest BCUT2D eigenvalue weighted by molar-refractivity contribution is 8.07. The summed E-state index contributed by atoms with van der Waals surface area (Å²) in [6.07, 6.45) is 0. The Morgan fingerprint density at radius 3 is 2.22 bits per heavy atom. The lowest BCUT2D eigenvalue weighted by atomic mass is 10.2. The van der Waals surface area contributed by atoms with Crippen LogP contribution in [0.5, 0.6) is 0 Å². The van der Waals surface area contributed by atoms with Gasteiger partial charge < -0.3 is 13.6 Å². The smallest absolute Gasteiger partial charge is 0.309 e. The summed E-state index contributed by atoms with van der Waals surface area (Å²) >= 11 is 17.1. The third-order valence-electron chi connectivity index (χ3n) is 1.97. The van der Waals surface area contributed by atoms with E-state index < -0.39 is 6.72 Å². The molecule has 0 aliphatic carbocycles. The lowest BCUT2D eigenvalue weighted by Crippen LogP contribution is -2.00. The molecule has 0 radical (unpaired) electrons. The van der Waals surface area contributed by atoms with Gasteiger partial charge in [-0.1, -0.05) is 29.3 Å². The SMILES string of the molecule is CCOP(=S)(OCC)OCc1ccc(Cl)cc1Cl. The molecule has 0 unspecified atom stereocenters. The van der Waals surface area contributed by atoms with Crippen molar-refractivity contribution in [2.24, 2.45) is 0 Å². The molecule has 1 rings (SSSR count). The molecule has 0 aliphatic heterocycles. The van der Waals surface area contributed by atoms with E-state index in [9.17, 15) is 0 Å². The molecule has 0 saturated carbocycles. The average Bonchev–Trinajstić information content (AvgIpc) is 2.28. The Morgan fingerprint density at radius 1 is 1.11 bits per heavy atom. The lowest BCUT2D eigenvalue weighted by molar-refractivity contribution is 0.161. The predicted molar refractivity (Wildman–Crippen MR) is 78.8 cm³/mol. The Morgan fingerprint density at radius 2 is 1.72 bits per heavy atom. The van der Waals surface area contributed by atoms with E-state index >= 15 is 0 Å². The van der Waals surface area contributed by atoms with Crippen molar-refractivity contribution in [2.75, 3.05) is 13.2 Å². The zero-order valence-corrected chi connectivity index (χ0v) is 13.4. The molecule has 0 heterocycles. The summed E-state index contributed by atoms with van der Waals surface area (Å²) < 4.78 is 16.3. The van der Waals surface area contributed by atoms with Crippen LogP contribution >= 0.6 is 29.9 Å². The monoisotopic (exact) mass is 328 g/mol. The van der Waals surface area contributed by atoms with Crippen molar-refractivity contribution in [2.45, 2.75) is 20.5 Å². The second kappa shape index (κ2) is 7.81. The van der Waals surface area contributed by atoms with Crippen LogP contribution in [0.1, 0.15) is 19.4 Å². The third kappa shape index (κ3) is 5.14. The first-order chi connectivity index (χ1) is 8.50. The van der Waals surface area contributed by atoms with Crippen molar-refractivity contribution in [3.8, 4) is 0 Å². The molecule has 0 aliphatic rings. The number of halogens is 2.